The fourth-order valence-electron chi connectivity index (χ4n) is 4.04. The van der Waals surface area contributed by atoms with Crippen molar-refractivity contribution >= 4 is 17.7 Å². The highest BCUT2D eigenvalue weighted by molar-refractivity contribution is 5.91. The number of nitrogens with zero attached hydrogens (tertiary/aromatic N) is 1. The van der Waals surface area contributed by atoms with Crippen molar-refractivity contribution in [2.75, 3.05) is 18.0 Å². The van der Waals surface area contributed by atoms with Crippen LogP contribution in [-0.4, -0.2) is 30.7 Å². The Hall–Kier alpha value is -2.30. The number of carbonyl (C=O) groups is 2. The second-order valence-electron chi connectivity index (χ2n) is 8.85. The maximum absolute atomic E-state index is 12.9. The molecule has 2 amide bonds. The molecule has 1 aliphatic heterocycles. The predicted octanol–water partition coefficient (Wildman–Crippen LogP) is 4.49. The third-order valence-electron chi connectivity index (χ3n) is 5.64. The second kappa shape index (κ2) is 7.98. The molecule has 1 aliphatic carbocycles. The molecular formula is C23H32N2O3. The fourth-order valence-corrected chi connectivity index (χ4v) is 4.04. The zero-order chi connectivity index (χ0) is 20.4. The number of aryl methyl sites for hydroxylation is 1. The van der Waals surface area contributed by atoms with Crippen LogP contribution in [0.15, 0.2) is 30.9 Å². The number of fused-ring (bicyclic) bond motifs is 1. The average molecular weight is 385 g/mol. The molecule has 0 spiro atoms. The van der Waals surface area contributed by atoms with Gasteiger partial charge in [0, 0.05) is 13.1 Å². The van der Waals surface area contributed by atoms with Crippen LogP contribution in [0.2, 0.25) is 0 Å². The first-order chi connectivity index (χ1) is 13.3. The topological polar surface area (TPSA) is 58.6 Å². The number of anilines is 1. The number of hydrogen-bond acceptors (Lipinski definition) is 3. The fraction of sp³-hybridized carbons (Fsp3) is 0.565. The normalized spacial score (nSPS) is 17.9. The number of hydrogen-bond donors (Lipinski definition) is 1. The van der Waals surface area contributed by atoms with Crippen LogP contribution in [0.25, 0.3) is 0 Å². The van der Waals surface area contributed by atoms with Crippen LogP contribution < -0.4 is 10.2 Å². The summed E-state index contributed by atoms with van der Waals surface area (Å²) in [5.74, 6) is 0.111. The molecule has 1 fully saturated rings. The first kappa shape index (κ1) is 20.4. The number of rotatable bonds is 5. The van der Waals surface area contributed by atoms with E-state index in [0.29, 0.717) is 13.1 Å². The van der Waals surface area contributed by atoms with Crippen molar-refractivity contribution in [2.24, 2.45) is 0 Å². The molecule has 1 N–H and O–H groups in total. The van der Waals surface area contributed by atoms with Gasteiger partial charge in [-0.1, -0.05) is 24.6 Å². The molecule has 0 unspecified atom stereocenters. The van der Waals surface area contributed by atoms with E-state index in [1.54, 1.807) is 4.90 Å². The third kappa shape index (κ3) is 4.08. The Morgan fingerprint density at radius 2 is 2.04 bits per heavy atom. The van der Waals surface area contributed by atoms with Crippen LogP contribution in [0, 0.1) is 0 Å². The Labute approximate surface area is 168 Å². The van der Waals surface area contributed by atoms with Crippen LogP contribution in [0.1, 0.15) is 64.0 Å². The van der Waals surface area contributed by atoms with Crippen LogP contribution in [-0.2, 0) is 21.4 Å². The van der Waals surface area contributed by atoms with Gasteiger partial charge in [-0.2, -0.15) is 0 Å². The average Bonchev–Trinajstić information content (AvgIpc) is 2.59. The summed E-state index contributed by atoms with van der Waals surface area (Å²) in [4.78, 5) is 27.2. The molecule has 0 saturated heterocycles. The van der Waals surface area contributed by atoms with Gasteiger partial charge in [0.25, 0.3) is 0 Å². The lowest BCUT2D eigenvalue weighted by molar-refractivity contribution is -0.129. The van der Waals surface area contributed by atoms with Crippen LogP contribution >= 0.6 is 0 Å². The van der Waals surface area contributed by atoms with Gasteiger partial charge in [0.2, 0.25) is 5.91 Å². The minimum Gasteiger partial charge on any atom is -0.443 e. The molecular weight excluding hydrogens is 352 g/mol. The van der Waals surface area contributed by atoms with Gasteiger partial charge >= 0.3 is 6.09 Å². The van der Waals surface area contributed by atoms with Gasteiger partial charge in [-0.25, -0.2) is 4.79 Å². The smallest absolute Gasteiger partial charge is 0.414 e. The van der Waals surface area contributed by atoms with E-state index in [-0.39, 0.29) is 12.0 Å². The number of benzene rings is 1. The monoisotopic (exact) mass is 384 g/mol. The van der Waals surface area contributed by atoms with Crippen molar-refractivity contribution in [3.63, 3.8) is 0 Å². The van der Waals surface area contributed by atoms with E-state index in [1.165, 1.54) is 0 Å². The van der Waals surface area contributed by atoms with Gasteiger partial charge in [-0.05, 0) is 70.1 Å². The van der Waals surface area contributed by atoms with Crippen molar-refractivity contribution in [3.05, 3.63) is 42.0 Å². The standard InChI is InChI=1S/C23H32N2O3/c1-5-6-14-24-20(26)23(12-8-13-23)18-10-11-19-17(16-18)9-7-15-25(19)21(27)28-22(2,3)4/h5,10-11,16H,1,6-9,12-15H2,2-4H3,(H,24,26). The van der Waals surface area contributed by atoms with E-state index < -0.39 is 11.0 Å². The molecule has 0 aromatic heterocycles. The number of ether oxygens (including phenoxy) is 1. The molecule has 3 rings (SSSR count). The Morgan fingerprint density at radius 3 is 2.64 bits per heavy atom. The Bertz CT molecular complexity index is 760. The van der Waals surface area contributed by atoms with Gasteiger partial charge in [0.1, 0.15) is 5.60 Å². The SMILES string of the molecule is C=CCCNC(=O)C1(c2ccc3c(c2)CCCN3C(=O)OC(C)(C)C)CCC1. The number of carbonyl (C=O) groups excluding carboxylic acids is 2. The second-order valence-corrected chi connectivity index (χ2v) is 8.85. The highest BCUT2D eigenvalue weighted by atomic mass is 16.6. The van der Waals surface area contributed by atoms with E-state index in [2.05, 4.69) is 18.0 Å². The van der Waals surface area contributed by atoms with Crippen molar-refractivity contribution in [1.29, 1.82) is 0 Å². The molecule has 2 aliphatic rings. The maximum Gasteiger partial charge on any atom is 0.414 e. The molecule has 1 aromatic rings. The number of nitrogens with one attached hydrogen (secondary N) is 1. The molecule has 1 saturated carbocycles. The Kier molecular flexibility index (Phi) is 5.82. The van der Waals surface area contributed by atoms with Crippen LogP contribution in [0.3, 0.4) is 0 Å². The van der Waals surface area contributed by atoms with Gasteiger partial charge in [-0.3, -0.25) is 9.69 Å². The first-order valence-electron chi connectivity index (χ1n) is 10.3. The summed E-state index contributed by atoms with van der Waals surface area (Å²) in [6, 6.07) is 6.15. The number of amides is 2. The summed E-state index contributed by atoms with van der Waals surface area (Å²) in [6.07, 6.45) is 6.92. The van der Waals surface area contributed by atoms with Gasteiger partial charge < -0.3 is 10.1 Å². The molecule has 5 nitrogen and oxygen atoms in total. The lowest BCUT2D eigenvalue weighted by atomic mass is 9.63. The summed E-state index contributed by atoms with van der Waals surface area (Å²) in [5, 5.41) is 3.06. The van der Waals surface area contributed by atoms with E-state index in [1.807, 2.05) is 39.0 Å². The van der Waals surface area contributed by atoms with Crippen LogP contribution in [0.5, 0.6) is 0 Å². The molecule has 0 bridgehead atoms. The van der Waals surface area contributed by atoms with Gasteiger partial charge in [0.05, 0.1) is 11.1 Å². The van der Waals surface area contributed by atoms with E-state index >= 15 is 0 Å². The van der Waals surface area contributed by atoms with Crippen molar-refractivity contribution in [2.45, 2.75) is 70.3 Å². The lowest BCUT2D eigenvalue weighted by Gasteiger charge is -2.41. The molecule has 28 heavy (non-hydrogen) atoms. The molecule has 5 heteroatoms. The van der Waals surface area contributed by atoms with E-state index in [0.717, 1.165) is 55.3 Å². The minimum atomic E-state index is -0.520. The quantitative estimate of drug-likeness (QED) is 0.601. The first-order valence-corrected chi connectivity index (χ1v) is 10.3. The highest BCUT2D eigenvalue weighted by Crippen LogP contribution is 2.45. The molecule has 152 valence electrons. The summed E-state index contributed by atoms with van der Waals surface area (Å²) in [7, 11) is 0. The van der Waals surface area contributed by atoms with Crippen molar-refractivity contribution in [3.8, 4) is 0 Å². The Balaban J connectivity index is 1.83. The third-order valence-corrected chi connectivity index (χ3v) is 5.64. The van der Waals surface area contributed by atoms with Crippen molar-refractivity contribution < 1.29 is 14.3 Å². The zero-order valence-electron chi connectivity index (χ0n) is 17.3. The molecule has 1 aromatic carbocycles. The molecule has 0 atom stereocenters. The molecule has 0 radical (unpaired) electrons. The van der Waals surface area contributed by atoms with Gasteiger partial charge in [-0.15, -0.1) is 6.58 Å². The largest absolute Gasteiger partial charge is 0.443 e. The summed E-state index contributed by atoms with van der Waals surface area (Å²) in [6.45, 7) is 10.6. The minimum absolute atomic E-state index is 0.111. The summed E-state index contributed by atoms with van der Waals surface area (Å²) >= 11 is 0. The highest BCUT2D eigenvalue weighted by Gasteiger charge is 2.45. The zero-order valence-corrected chi connectivity index (χ0v) is 17.3. The van der Waals surface area contributed by atoms with Crippen LogP contribution in [0.4, 0.5) is 10.5 Å². The van der Waals surface area contributed by atoms with E-state index in [9.17, 15) is 9.59 Å². The molecule has 1 heterocycles. The Morgan fingerprint density at radius 1 is 1.29 bits per heavy atom. The lowest BCUT2D eigenvalue weighted by Crippen LogP contribution is -2.49. The summed E-state index contributed by atoms with van der Waals surface area (Å²) < 4.78 is 5.57. The summed E-state index contributed by atoms with van der Waals surface area (Å²) in [5.41, 5.74) is 2.16. The van der Waals surface area contributed by atoms with Gasteiger partial charge in [0.15, 0.2) is 0 Å². The van der Waals surface area contributed by atoms with E-state index in [4.69, 9.17) is 4.74 Å². The van der Waals surface area contributed by atoms with Crippen molar-refractivity contribution in [1.82, 2.24) is 5.32 Å². The predicted molar refractivity (Wildman–Crippen MR) is 112 cm³/mol. The maximum atomic E-state index is 12.9.